The molecule has 0 fully saturated rings. The number of rotatable bonds is 6. The quantitative estimate of drug-likeness (QED) is 0.590. The highest BCUT2D eigenvalue weighted by Crippen LogP contribution is 2.19. The highest BCUT2D eigenvalue weighted by molar-refractivity contribution is 14.1. The van der Waals surface area contributed by atoms with Crippen molar-refractivity contribution in [1.82, 2.24) is 9.55 Å². The van der Waals surface area contributed by atoms with Gasteiger partial charge in [-0.15, -0.1) is 0 Å². The highest BCUT2D eigenvalue weighted by atomic mass is 127. The van der Waals surface area contributed by atoms with E-state index in [0.717, 1.165) is 20.4 Å². The minimum absolute atomic E-state index is 0.138. The third-order valence-electron chi connectivity index (χ3n) is 3.80. The number of anilines is 1. The molecule has 0 aliphatic heterocycles. The van der Waals surface area contributed by atoms with E-state index in [1.165, 1.54) is 0 Å². The van der Waals surface area contributed by atoms with E-state index >= 15 is 0 Å². The van der Waals surface area contributed by atoms with E-state index in [4.69, 9.17) is 10.5 Å². The predicted molar refractivity (Wildman–Crippen MR) is 106 cm³/mol. The van der Waals surface area contributed by atoms with E-state index in [1.54, 1.807) is 4.57 Å². The molecule has 2 N–H and O–H groups in total. The molecule has 5 nitrogen and oxygen atoms in total. The fourth-order valence-corrected chi connectivity index (χ4v) is 3.12. The van der Waals surface area contributed by atoms with Crippen LogP contribution in [-0.4, -0.2) is 9.55 Å². The van der Waals surface area contributed by atoms with Gasteiger partial charge in [-0.1, -0.05) is 60.7 Å². The van der Waals surface area contributed by atoms with Crippen molar-refractivity contribution in [2.45, 2.75) is 19.8 Å². The monoisotopic (exact) mass is 447 g/mol. The molecule has 6 heteroatoms. The van der Waals surface area contributed by atoms with Crippen molar-refractivity contribution in [3.8, 4) is 0 Å². The summed E-state index contributed by atoms with van der Waals surface area (Å²) < 4.78 is 8.07. The second kappa shape index (κ2) is 8.26. The van der Waals surface area contributed by atoms with Crippen LogP contribution in [0.4, 0.5) is 5.82 Å². The summed E-state index contributed by atoms with van der Waals surface area (Å²) in [6, 6.07) is 19.8. The summed E-state index contributed by atoms with van der Waals surface area (Å²) in [5.41, 5.74) is 8.47. The molecule has 0 spiro atoms. The van der Waals surface area contributed by atoms with E-state index in [1.807, 2.05) is 60.7 Å². The Morgan fingerprint density at radius 3 is 2.24 bits per heavy atom. The Bertz CT molecular complexity index is 896. The molecular formula is C19H18IN3O2. The molecule has 0 atom stereocenters. The van der Waals surface area contributed by atoms with Crippen LogP contribution < -0.4 is 11.4 Å². The van der Waals surface area contributed by atoms with Crippen LogP contribution in [-0.2, 0) is 24.5 Å². The summed E-state index contributed by atoms with van der Waals surface area (Å²) in [7, 11) is 0. The van der Waals surface area contributed by atoms with Crippen LogP contribution in [0.2, 0.25) is 0 Å². The van der Waals surface area contributed by atoms with Crippen molar-refractivity contribution in [1.29, 1.82) is 0 Å². The topological polar surface area (TPSA) is 70.1 Å². The van der Waals surface area contributed by atoms with Crippen molar-refractivity contribution >= 4 is 28.4 Å². The van der Waals surface area contributed by atoms with E-state index in [0.29, 0.717) is 13.0 Å². The Balaban J connectivity index is 1.84. The van der Waals surface area contributed by atoms with Gasteiger partial charge in [0.05, 0.1) is 10.2 Å². The second-order valence-corrected chi connectivity index (χ2v) is 6.67. The number of hydrogen-bond acceptors (Lipinski definition) is 4. The number of aromatic nitrogens is 2. The Kier molecular flexibility index (Phi) is 5.83. The lowest BCUT2D eigenvalue weighted by Gasteiger charge is -2.15. The van der Waals surface area contributed by atoms with Gasteiger partial charge in [-0.3, -0.25) is 4.57 Å². The second-order valence-electron chi connectivity index (χ2n) is 5.59. The summed E-state index contributed by atoms with van der Waals surface area (Å²) in [6.07, 6.45) is 0.593. The Labute approximate surface area is 159 Å². The minimum Gasteiger partial charge on any atom is -0.383 e. The lowest BCUT2D eigenvalue weighted by Crippen LogP contribution is -2.30. The first-order valence-corrected chi connectivity index (χ1v) is 8.93. The van der Waals surface area contributed by atoms with Gasteiger partial charge in [0.2, 0.25) is 0 Å². The maximum absolute atomic E-state index is 12.3. The lowest BCUT2D eigenvalue weighted by molar-refractivity contribution is 0.0591. The van der Waals surface area contributed by atoms with E-state index < -0.39 is 5.69 Å². The number of benzene rings is 2. The summed E-state index contributed by atoms with van der Waals surface area (Å²) in [5, 5.41) is 0. The maximum atomic E-state index is 12.3. The zero-order valence-electron chi connectivity index (χ0n) is 13.6. The summed E-state index contributed by atoms with van der Waals surface area (Å²) in [4.78, 5) is 16.2. The molecule has 0 aliphatic rings. The molecule has 0 amide bonds. The van der Waals surface area contributed by atoms with Crippen molar-refractivity contribution < 1.29 is 4.74 Å². The van der Waals surface area contributed by atoms with Gasteiger partial charge in [0.1, 0.15) is 12.5 Å². The van der Waals surface area contributed by atoms with Gasteiger partial charge in [0.25, 0.3) is 0 Å². The molecule has 128 valence electrons. The molecule has 0 saturated heterocycles. The molecule has 25 heavy (non-hydrogen) atoms. The van der Waals surface area contributed by atoms with E-state index in [-0.39, 0.29) is 12.5 Å². The summed E-state index contributed by atoms with van der Waals surface area (Å²) in [6.45, 7) is 0.568. The predicted octanol–water partition coefficient (Wildman–Crippen LogP) is 3.20. The number of nitrogen functional groups attached to an aromatic ring is 1. The lowest BCUT2D eigenvalue weighted by atomic mass is 10.1. The number of ether oxygens (including phenoxy) is 1. The van der Waals surface area contributed by atoms with Gasteiger partial charge >= 0.3 is 5.69 Å². The SMILES string of the molecule is Nc1nc(=O)n(COCc2ccccc2)c(Cc2ccccc2)c1I. The summed E-state index contributed by atoms with van der Waals surface area (Å²) >= 11 is 2.13. The molecule has 0 bridgehead atoms. The number of nitrogens with zero attached hydrogens (tertiary/aromatic N) is 2. The smallest absolute Gasteiger partial charge is 0.351 e. The molecule has 3 aromatic rings. The molecule has 1 aromatic heterocycles. The third-order valence-corrected chi connectivity index (χ3v) is 4.97. The van der Waals surface area contributed by atoms with Crippen LogP contribution in [0.3, 0.4) is 0 Å². The van der Waals surface area contributed by atoms with E-state index in [2.05, 4.69) is 27.6 Å². The number of nitrogens with two attached hydrogens (primary N) is 1. The summed E-state index contributed by atoms with van der Waals surface area (Å²) in [5.74, 6) is 0.260. The first kappa shape index (κ1) is 17.6. The number of halogens is 1. The Hall–Kier alpha value is -2.19. The van der Waals surface area contributed by atoms with Crippen molar-refractivity contribution in [3.63, 3.8) is 0 Å². The largest absolute Gasteiger partial charge is 0.383 e. The molecule has 2 aromatic carbocycles. The zero-order chi connectivity index (χ0) is 17.6. The van der Waals surface area contributed by atoms with Crippen LogP contribution >= 0.6 is 22.6 Å². The molecule has 3 rings (SSSR count). The fraction of sp³-hybridized carbons (Fsp3) is 0.158. The van der Waals surface area contributed by atoms with Crippen molar-refractivity contribution in [3.05, 3.63) is 91.5 Å². The minimum atomic E-state index is -0.392. The molecular weight excluding hydrogens is 429 g/mol. The normalized spacial score (nSPS) is 10.8. The van der Waals surface area contributed by atoms with Crippen molar-refractivity contribution in [2.24, 2.45) is 0 Å². The molecule has 0 unspecified atom stereocenters. The molecule has 1 heterocycles. The maximum Gasteiger partial charge on any atom is 0.351 e. The zero-order valence-corrected chi connectivity index (χ0v) is 15.7. The fourth-order valence-electron chi connectivity index (χ4n) is 2.52. The standard InChI is InChI=1S/C19H18IN3O2/c20-17-16(11-14-7-3-1-4-8-14)23(19(24)22-18(17)21)13-25-12-15-9-5-2-6-10-15/h1-10H,11-13H2,(H2,21,22,24). The van der Waals surface area contributed by atoms with Gasteiger partial charge in [-0.2, -0.15) is 4.98 Å². The van der Waals surface area contributed by atoms with Crippen LogP contribution in [0.25, 0.3) is 0 Å². The highest BCUT2D eigenvalue weighted by Gasteiger charge is 2.14. The van der Waals surface area contributed by atoms with Gasteiger partial charge in [0, 0.05) is 12.1 Å². The molecule has 0 saturated carbocycles. The van der Waals surface area contributed by atoms with Crippen LogP contribution in [0.1, 0.15) is 16.8 Å². The first-order chi connectivity index (χ1) is 12.1. The van der Waals surface area contributed by atoms with Crippen LogP contribution in [0, 0.1) is 3.57 Å². The number of hydrogen-bond donors (Lipinski definition) is 1. The third kappa shape index (κ3) is 4.46. The molecule has 0 radical (unpaired) electrons. The van der Waals surface area contributed by atoms with Crippen molar-refractivity contribution in [2.75, 3.05) is 5.73 Å². The van der Waals surface area contributed by atoms with Gasteiger partial charge < -0.3 is 10.5 Å². The molecule has 0 aliphatic carbocycles. The van der Waals surface area contributed by atoms with Crippen LogP contribution in [0.5, 0.6) is 0 Å². The van der Waals surface area contributed by atoms with Crippen LogP contribution in [0.15, 0.2) is 65.5 Å². The van der Waals surface area contributed by atoms with E-state index in [9.17, 15) is 4.79 Å². The first-order valence-electron chi connectivity index (χ1n) is 7.85. The average molecular weight is 447 g/mol. The Morgan fingerprint density at radius 1 is 1.00 bits per heavy atom. The van der Waals surface area contributed by atoms with Gasteiger partial charge in [0.15, 0.2) is 0 Å². The average Bonchev–Trinajstić information content (AvgIpc) is 2.63. The Morgan fingerprint density at radius 2 is 1.60 bits per heavy atom. The van der Waals surface area contributed by atoms with Gasteiger partial charge in [-0.05, 0) is 33.7 Å². The van der Waals surface area contributed by atoms with Gasteiger partial charge in [-0.25, -0.2) is 4.79 Å².